The molecule has 1 saturated heterocycles. The summed E-state index contributed by atoms with van der Waals surface area (Å²) >= 11 is 12.0. The molecule has 2 rings (SSSR count). The van der Waals surface area contributed by atoms with E-state index in [1.165, 1.54) is 0 Å². The fourth-order valence-electron chi connectivity index (χ4n) is 1.51. The number of hydrogen-bond donors (Lipinski definition) is 0. The van der Waals surface area contributed by atoms with Gasteiger partial charge in [0.2, 0.25) is 0 Å². The van der Waals surface area contributed by atoms with Crippen molar-refractivity contribution in [3.8, 4) is 0 Å². The first kappa shape index (κ1) is 12.1. The van der Waals surface area contributed by atoms with Gasteiger partial charge in [-0.1, -0.05) is 29.3 Å². The van der Waals surface area contributed by atoms with E-state index >= 15 is 0 Å². The number of cyclic esters (lactones) is 2. The Morgan fingerprint density at radius 2 is 1.76 bits per heavy atom. The van der Waals surface area contributed by atoms with Crippen LogP contribution in [0.25, 0.3) is 6.08 Å². The minimum absolute atomic E-state index is 0.194. The van der Waals surface area contributed by atoms with Crippen LogP contribution < -0.4 is 0 Å². The zero-order valence-electron chi connectivity index (χ0n) is 8.70. The predicted octanol–water partition coefficient (Wildman–Crippen LogP) is 3.24. The van der Waals surface area contributed by atoms with Crippen LogP contribution in [0.2, 0.25) is 10.0 Å². The van der Waals surface area contributed by atoms with Gasteiger partial charge in [0.05, 0.1) is 6.42 Å². The first-order valence-corrected chi connectivity index (χ1v) is 5.73. The summed E-state index contributed by atoms with van der Waals surface area (Å²) < 4.78 is 4.52. The van der Waals surface area contributed by atoms with Crippen LogP contribution in [-0.4, -0.2) is 11.9 Å². The SMILES string of the molecule is O=C1CC/C(=C\c2c(Cl)cccc2Cl)C(=O)O1. The van der Waals surface area contributed by atoms with Crippen LogP contribution in [0.1, 0.15) is 18.4 Å². The van der Waals surface area contributed by atoms with Gasteiger partial charge in [-0.3, -0.25) is 4.79 Å². The minimum atomic E-state index is -0.628. The Morgan fingerprint density at radius 1 is 1.12 bits per heavy atom. The van der Waals surface area contributed by atoms with E-state index in [0.29, 0.717) is 27.6 Å². The summed E-state index contributed by atoms with van der Waals surface area (Å²) in [7, 11) is 0. The van der Waals surface area contributed by atoms with Crippen molar-refractivity contribution >= 4 is 41.2 Å². The molecule has 1 fully saturated rings. The maximum Gasteiger partial charge on any atom is 0.341 e. The molecule has 0 saturated carbocycles. The summed E-state index contributed by atoms with van der Waals surface area (Å²) in [5.41, 5.74) is 0.969. The van der Waals surface area contributed by atoms with Gasteiger partial charge in [0, 0.05) is 21.2 Å². The number of halogens is 2. The second-order valence-electron chi connectivity index (χ2n) is 3.57. The molecule has 0 amide bonds. The third-order valence-corrected chi connectivity index (χ3v) is 3.04. The highest BCUT2D eigenvalue weighted by Crippen LogP contribution is 2.28. The molecule has 3 nitrogen and oxygen atoms in total. The number of rotatable bonds is 1. The largest absolute Gasteiger partial charge is 0.390 e. The van der Waals surface area contributed by atoms with Crippen molar-refractivity contribution in [1.82, 2.24) is 0 Å². The quantitative estimate of drug-likeness (QED) is 0.447. The van der Waals surface area contributed by atoms with Gasteiger partial charge in [0.15, 0.2) is 0 Å². The second kappa shape index (κ2) is 4.90. The lowest BCUT2D eigenvalue weighted by Gasteiger charge is -2.12. The average Bonchev–Trinajstić information content (AvgIpc) is 2.26. The Labute approximate surface area is 108 Å². The predicted molar refractivity (Wildman–Crippen MR) is 64.8 cm³/mol. The Kier molecular flexibility index (Phi) is 3.50. The number of carbonyl (C=O) groups excluding carboxylic acids is 2. The monoisotopic (exact) mass is 270 g/mol. The summed E-state index contributed by atoms with van der Waals surface area (Å²) in [5, 5.41) is 0.907. The first-order valence-electron chi connectivity index (χ1n) is 4.97. The molecule has 1 aliphatic rings. The van der Waals surface area contributed by atoms with E-state index < -0.39 is 11.9 Å². The molecule has 1 aromatic carbocycles. The molecule has 0 aromatic heterocycles. The van der Waals surface area contributed by atoms with Gasteiger partial charge in [0.25, 0.3) is 0 Å². The van der Waals surface area contributed by atoms with Gasteiger partial charge in [-0.25, -0.2) is 4.79 Å². The maximum absolute atomic E-state index is 11.4. The fourth-order valence-corrected chi connectivity index (χ4v) is 2.02. The molecule has 17 heavy (non-hydrogen) atoms. The molecule has 0 radical (unpaired) electrons. The van der Waals surface area contributed by atoms with Crippen molar-refractivity contribution in [2.45, 2.75) is 12.8 Å². The van der Waals surface area contributed by atoms with Crippen molar-refractivity contribution in [3.63, 3.8) is 0 Å². The lowest BCUT2D eigenvalue weighted by atomic mass is 10.0. The van der Waals surface area contributed by atoms with Crippen LogP contribution >= 0.6 is 23.2 Å². The number of hydrogen-bond acceptors (Lipinski definition) is 3. The number of benzene rings is 1. The smallest absolute Gasteiger partial charge is 0.341 e. The summed E-state index contributed by atoms with van der Waals surface area (Å²) in [4.78, 5) is 22.3. The van der Waals surface area contributed by atoms with Gasteiger partial charge < -0.3 is 4.74 Å². The topological polar surface area (TPSA) is 43.4 Å². The van der Waals surface area contributed by atoms with Crippen LogP contribution in [0.5, 0.6) is 0 Å². The lowest BCUT2D eigenvalue weighted by molar-refractivity contribution is -0.159. The molecule has 0 bridgehead atoms. The molecular weight excluding hydrogens is 263 g/mol. The van der Waals surface area contributed by atoms with Crippen LogP contribution in [0.15, 0.2) is 23.8 Å². The van der Waals surface area contributed by atoms with Gasteiger partial charge in [-0.15, -0.1) is 0 Å². The van der Waals surface area contributed by atoms with Crippen molar-refractivity contribution in [3.05, 3.63) is 39.4 Å². The molecular formula is C12H8Cl2O3. The highest BCUT2D eigenvalue weighted by Gasteiger charge is 2.23. The summed E-state index contributed by atoms with van der Waals surface area (Å²) in [5.74, 6) is -1.13. The van der Waals surface area contributed by atoms with Crippen molar-refractivity contribution in [1.29, 1.82) is 0 Å². The fraction of sp³-hybridized carbons (Fsp3) is 0.167. The molecule has 88 valence electrons. The van der Waals surface area contributed by atoms with E-state index in [0.717, 1.165) is 0 Å². The van der Waals surface area contributed by atoms with Crippen LogP contribution in [0.3, 0.4) is 0 Å². The van der Waals surface area contributed by atoms with Crippen molar-refractivity contribution in [2.24, 2.45) is 0 Å². The van der Waals surface area contributed by atoms with Gasteiger partial charge in [-0.05, 0) is 24.6 Å². The minimum Gasteiger partial charge on any atom is -0.390 e. The molecule has 1 heterocycles. The number of esters is 2. The molecule has 0 spiro atoms. The highest BCUT2D eigenvalue weighted by atomic mass is 35.5. The van der Waals surface area contributed by atoms with Gasteiger partial charge in [-0.2, -0.15) is 0 Å². The van der Waals surface area contributed by atoms with Crippen LogP contribution in [0, 0.1) is 0 Å². The van der Waals surface area contributed by atoms with Gasteiger partial charge >= 0.3 is 11.9 Å². The standard InChI is InChI=1S/C12H8Cl2O3/c13-9-2-1-3-10(14)8(9)6-7-4-5-11(15)17-12(7)16/h1-3,6H,4-5H2/b7-6+. The number of ether oxygens (including phenoxy) is 1. The summed E-state index contributed by atoms with van der Waals surface area (Å²) in [6, 6.07) is 5.08. The van der Waals surface area contributed by atoms with Crippen LogP contribution in [0.4, 0.5) is 0 Å². The van der Waals surface area contributed by atoms with E-state index in [2.05, 4.69) is 4.74 Å². The number of carbonyl (C=O) groups is 2. The van der Waals surface area contributed by atoms with Gasteiger partial charge in [0.1, 0.15) is 0 Å². The van der Waals surface area contributed by atoms with E-state index in [4.69, 9.17) is 23.2 Å². The molecule has 0 N–H and O–H groups in total. The second-order valence-corrected chi connectivity index (χ2v) is 4.38. The third kappa shape index (κ3) is 2.68. The lowest BCUT2D eigenvalue weighted by Crippen LogP contribution is -2.20. The zero-order valence-corrected chi connectivity index (χ0v) is 10.2. The van der Waals surface area contributed by atoms with E-state index in [1.807, 2.05) is 0 Å². The van der Waals surface area contributed by atoms with Crippen LogP contribution in [-0.2, 0) is 14.3 Å². The van der Waals surface area contributed by atoms with E-state index in [-0.39, 0.29) is 6.42 Å². The zero-order chi connectivity index (χ0) is 12.4. The Hall–Kier alpha value is -1.32. The third-order valence-electron chi connectivity index (χ3n) is 2.39. The van der Waals surface area contributed by atoms with Crippen molar-refractivity contribution < 1.29 is 14.3 Å². The summed E-state index contributed by atoms with van der Waals surface area (Å²) in [6.07, 6.45) is 2.11. The Bertz CT molecular complexity index is 500. The molecule has 1 aliphatic heterocycles. The molecule has 0 aliphatic carbocycles. The molecule has 5 heteroatoms. The molecule has 0 unspecified atom stereocenters. The molecule has 1 aromatic rings. The normalized spacial score (nSPS) is 18.4. The average molecular weight is 271 g/mol. The van der Waals surface area contributed by atoms with E-state index in [1.54, 1.807) is 24.3 Å². The highest BCUT2D eigenvalue weighted by molar-refractivity contribution is 6.37. The Balaban J connectivity index is 2.36. The maximum atomic E-state index is 11.4. The molecule has 0 atom stereocenters. The first-order chi connectivity index (χ1) is 8.08. The van der Waals surface area contributed by atoms with Crippen molar-refractivity contribution in [2.75, 3.05) is 0 Å². The van der Waals surface area contributed by atoms with E-state index in [9.17, 15) is 9.59 Å². The Morgan fingerprint density at radius 3 is 2.35 bits per heavy atom. The summed E-state index contributed by atoms with van der Waals surface area (Å²) in [6.45, 7) is 0.